The average Bonchev–Trinajstić information content (AvgIpc) is 2.22. The van der Waals surface area contributed by atoms with Gasteiger partial charge in [-0.05, 0) is 45.1 Å². The van der Waals surface area contributed by atoms with Crippen molar-refractivity contribution in [2.75, 3.05) is 6.54 Å². The molecule has 0 heterocycles. The van der Waals surface area contributed by atoms with E-state index in [4.69, 9.17) is 4.74 Å². The van der Waals surface area contributed by atoms with Crippen molar-refractivity contribution in [1.82, 2.24) is 5.32 Å². The minimum Gasteiger partial charge on any atom is -0.374 e. The third-order valence-corrected chi connectivity index (χ3v) is 4.96. The fourth-order valence-electron chi connectivity index (χ4n) is 3.41. The van der Waals surface area contributed by atoms with Crippen LogP contribution in [-0.4, -0.2) is 24.8 Å². The van der Waals surface area contributed by atoms with Gasteiger partial charge in [-0.2, -0.15) is 0 Å². The predicted octanol–water partition coefficient (Wildman–Crippen LogP) is 3.11. The van der Waals surface area contributed by atoms with Crippen LogP contribution < -0.4 is 5.32 Å². The van der Waals surface area contributed by atoms with Crippen molar-refractivity contribution < 1.29 is 4.74 Å². The summed E-state index contributed by atoms with van der Waals surface area (Å²) in [5.41, 5.74) is 0.422. The Hall–Kier alpha value is -0.0800. The van der Waals surface area contributed by atoms with E-state index in [1.807, 2.05) is 0 Å². The van der Waals surface area contributed by atoms with E-state index < -0.39 is 0 Å². The Kier molecular flexibility index (Phi) is 3.91. The van der Waals surface area contributed by atoms with Crippen LogP contribution in [0.1, 0.15) is 59.3 Å². The molecule has 2 saturated carbocycles. The van der Waals surface area contributed by atoms with E-state index in [2.05, 4.69) is 26.1 Å². The van der Waals surface area contributed by atoms with Crippen molar-refractivity contribution in [2.24, 2.45) is 5.41 Å². The number of nitrogens with one attached hydrogen (secondary N) is 1. The van der Waals surface area contributed by atoms with Crippen LogP contribution in [0.2, 0.25) is 0 Å². The number of hydrogen-bond donors (Lipinski definition) is 1. The Morgan fingerprint density at radius 2 is 1.88 bits per heavy atom. The normalized spacial score (nSPS) is 33.2. The smallest absolute Gasteiger partial charge is 0.0664 e. The van der Waals surface area contributed by atoms with E-state index in [1.165, 1.54) is 38.5 Å². The lowest BCUT2D eigenvalue weighted by atomic mass is 9.58. The summed E-state index contributed by atoms with van der Waals surface area (Å²) >= 11 is 0. The molecule has 1 N–H and O–H groups in total. The van der Waals surface area contributed by atoms with Gasteiger partial charge in [-0.3, -0.25) is 0 Å². The highest BCUT2D eigenvalue weighted by Crippen LogP contribution is 2.50. The summed E-state index contributed by atoms with van der Waals surface area (Å²) in [5.74, 6) is 0. The maximum atomic E-state index is 6.26. The molecule has 0 radical (unpaired) electrons. The first-order chi connectivity index (χ1) is 7.76. The molecule has 0 aromatic rings. The zero-order valence-corrected chi connectivity index (χ0v) is 11.1. The van der Waals surface area contributed by atoms with E-state index >= 15 is 0 Å². The molecule has 2 aliphatic carbocycles. The van der Waals surface area contributed by atoms with Crippen LogP contribution in [-0.2, 0) is 4.74 Å². The fourth-order valence-corrected chi connectivity index (χ4v) is 3.41. The minimum absolute atomic E-state index is 0.422. The summed E-state index contributed by atoms with van der Waals surface area (Å²) in [7, 11) is 0. The van der Waals surface area contributed by atoms with Gasteiger partial charge in [0, 0.05) is 11.5 Å². The van der Waals surface area contributed by atoms with Gasteiger partial charge < -0.3 is 10.1 Å². The predicted molar refractivity (Wildman–Crippen MR) is 67.6 cm³/mol. The van der Waals surface area contributed by atoms with Gasteiger partial charge in [0.05, 0.1) is 12.2 Å². The molecule has 2 heteroatoms. The molecule has 0 amide bonds. The highest BCUT2D eigenvalue weighted by atomic mass is 16.5. The van der Waals surface area contributed by atoms with Crippen LogP contribution >= 0.6 is 0 Å². The molecular formula is C14H27NO. The van der Waals surface area contributed by atoms with Crippen molar-refractivity contribution >= 4 is 0 Å². The number of hydrogen-bond acceptors (Lipinski definition) is 2. The Bertz CT molecular complexity index is 221. The lowest BCUT2D eigenvalue weighted by Gasteiger charge is -2.57. The van der Waals surface area contributed by atoms with E-state index in [-0.39, 0.29) is 0 Å². The zero-order valence-electron chi connectivity index (χ0n) is 11.1. The van der Waals surface area contributed by atoms with Gasteiger partial charge in [0.2, 0.25) is 0 Å². The van der Waals surface area contributed by atoms with Crippen LogP contribution in [0.5, 0.6) is 0 Å². The van der Waals surface area contributed by atoms with Gasteiger partial charge in [-0.1, -0.05) is 20.8 Å². The molecule has 2 rings (SSSR count). The zero-order chi connectivity index (χ0) is 11.6. The standard InChI is InChI=1S/C14H27NO/c1-4-14(5-2)12(15-6-3)10-13(14)16-11-8-7-9-11/h11-13,15H,4-10H2,1-3H3. The topological polar surface area (TPSA) is 21.3 Å². The van der Waals surface area contributed by atoms with Crippen molar-refractivity contribution in [3.63, 3.8) is 0 Å². The summed E-state index contributed by atoms with van der Waals surface area (Å²) in [6, 6.07) is 0.692. The lowest BCUT2D eigenvalue weighted by Crippen LogP contribution is -2.64. The molecule has 2 unspecified atom stereocenters. The molecular weight excluding hydrogens is 198 g/mol. The Balaban J connectivity index is 1.92. The molecule has 0 saturated heterocycles. The van der Waals surface area contributed by atoms with Crippen LogP contribution in [0.3, 0.4) is 0 Å². The van der Waals surface area contributed by atoms with E-state index in [1.54, 1.807) is 0 Å². The Labute approximate surface area is 100 Å². The molecule has 0 spiro atoms. The third kappa shape index (κ3) is 1.91. The van der Waals surface area contributed by atoms with Crippen LogP contribution in [0.25, 0.3) is 0 Å². The number of rotatable bonds is 6. The molecule has 0 aromatic heterocycles. The lowest BCUT2D eigenvalue weighted by molar-refractivity contribution is -0.181. The van der Waals surface area contributed by atoms with E-state index in [0.717, 1.165) is 6.54 Å². The summed E-state index contributed by atoms with van der Waals surface area (Å²) in [6.07, 6.45) is 8.81. The van der Waals surface area contributed by atoms with Gasteiger partial charge >= 0.3 is 0 Å². The first-order valence-electron chi connectivity index (χ1n) is 7.15. The highest BCUT2D eigenvalue weighted by molar-refractivity contribution is 5.07. The molecule has 2 nitrogen and oxygen atoms in total. The van der Waals surface area contributed by atoms with Crippen molar-refractivity contribution in [3.05, 3.63) is 0 Å². The molecule has 16 heavy (non-hydrogen) atoms. The first kappa shape index (κ1) is 12.4. The number of ether oxygens (including phenoxy) is 1. The van der Waals surface area contributed by atoms with Gasteiger partial charge in [0.1, 0.15) is 0 Å². The quantitative estimate of drug-likeness (QED) is 0.750. The Morgan fingerprint density at radius 1 is 1.19 bits per heavy atom. The third-order valence-electron chi connectivity index (χ3n) is 4.96. The summed E-state index contributed by atoms with van der Waals surface area (Å²) < 4.78 is 6.26. The van der Waals surface area contributed by atoms with Crippen molar-refractivity contribution in [2.45, 2.75) is 77.5 Å². The molecule has 0 aliphatic heterocycles. The van der Waals surface area contributed by atoms with Crippen molar-refractivity contribution in [1.29, 1.82) is 0 Å². The minimum atomic E-state index is 0.422. The van der Waals surface area contributed by atoms with Crippen LogP contribution in [0.4, 0.5) is 0 Å². The van der Waals surface area contributed by atoms with Crippen LogP contribution in [0, 0.1) is 5.41 Å². The SMILES string of the molecule is CCNC1CC(OC2CCC2)C1(CC)CC. The van der Waals surface area contributed by atoms with Crippen LogP contribution in [0.15, 0.2) is 0 Å². The first-order valence-corrected chi connectivity index (χ1v) is 7.15. The largest absolute Gasteiger partial charge is 0.374 e. The maximum Gasteiger partial charge on any atom is 0.0664 e. The summed E-state index contributed by atoms with van der Waals surface area (Å²) in [5, 5.41) is 3.63. The highest BCUT2D eigenvalue weighted by Gasteiger charge is 2.53. The second-order valence-corrected chi connectivity index (χ2v) is 5.46. The fraction of sp³-hybridized carbons (Fsp3) is 1.00. The molecule has 2 fully saturated rings. The molecule has 2 aliphatic rings. The van der Waals surface area contributed by atoms with E-state index in [0.29, 0.717) is 23.7 Å². The summed E-state index contributed by atoms with van der Waals surface area (Å²) in [4.78, 5) is 0. The van der Waals surface area contributed by atoms with Gasteiger partial charge in [-0.15, -0.1) is 0 Å². The Morgan fingerprint density at radius 3 is 2.31 bits per heavy atom. The second-order valence-electron chi connectivity index (χ2n) is 5.46. The van der Waals surface area contributed by atoms with Gasteiger partial charge in [0.15, 0.2) is 0 Å². The van der Waals surface area contributed by atoms with Gasteiger partial charge in [0.25, 0.3) is 0 Å². The summed E-state index contributed by atoms with van der Waals surface area (Å²) in [6.45, 7) is 7.94. The molecule has 0 aromatic carbocycles. The van der Waals surface area contributed by atoms with E-state index in [9.17, 15) is 0 Å². The molecule has 2 atom stereocenters. The molecule has 0 bridgehead atoms. The maximum absolute atomic E-state index is 6.26. The monoisotopic (exact) mass is 225 g/mol. The van der Waals surface area contributed by atoms with Gasteiger partial charge in [-0.25, -0.2) is 0 Å². The second kappa shape index (κ2) is 5.05. The van der Waals surface area contributed by atoms with Crippen molar-refractivity contribution in [3.8, 4) is 0 Å². The molecule has 94 valence electrons. The average molecular weight is 225 g/mol.